The molecule has 0 N–H and O–H groups in total. The Morgan fingerprint density at radius 2 is 0.690 bits per heavy atom. The van der Waals surface area contributed by atoms with Crippen molar-refractivity contribution in [1.82, 2.24) is 0 Å². The van der Waals surface area contributed by atoms with Crippen LogP contribution in [0.2, 0.25) is 0 Å². The molecule has 1 heteroatoms. The fourth-order valence-electron chi connectivity index (χ4n) is 4.33. The largest absolute Gasteiger partial charge is 0.456 e. The fourth-order valence-corrected chi connectivity index (χ4v) is 4.33. The van der Waals surface area contributed by atoms with Gasteiger partial charge < -0.3 is 4.74 Å². The summed E-state index contributed by atoms with van der Waals surface area (Å²) < 4.78 is 6.62. The van der Waals surface area contributed by atoms with Gasteiger partial charge in [-0.3, -0.25) is 0 Å². The Hall–Kier alpha value is -3.84. The van der Waals surface area contributed by atoms with E-state index in [0.717, 1.165) is 22.3 Å². The zero-order valence-corrected chi connectivity index (χ0v) is 15.8. The van der Waals surface area contributed by atoms with E-state index in [1.807, 2.05) is 0 Å². The molecule has 6 aromatic carbocycles. The van der Waals surface area contributed by atoms with Crippen LogP contribution in [0.1, 0.15) is 0 Å². The van der Waals surface area contributed by atoms with Gasteiger partial charge in [0.2, 0.25) is 0 Å². The Kier molecular flexibility index (Phi) is 3.54. The van der Waals surface area contributed by atoms with Crippen molar-refractivity contribution in [3.05, 3.63) is 109 Å². The average Bonchev–Trinajstić information content (AvgIpc) is 2.79. The van der Waals surface area contributed by atoms with E-state index in [9.17, 15) is 0 Å². The summed E-state index contributed by atoms with van der Waals surface area (Å²) in [7, 11) is 0. The van der Waals surface area contributed by atoms with Crippen molar-refractivity contribution in [3.63, 3.8) is 0 Å². The maximum atomic E-state index is 6.62. The van der Waals surface area contributed by atoms with Crippen LogP contribution in [0.25, 0.3) is 43.1 Å². The Bertz CT molecular complexity index is 1410. The molecular formula is C28H18O. The first-order valence-electron chi connectivity index (χ1n) is 9.87. The van der Waals surface area contributed by atoms with Crippen LogP contribution in [0.5, 0.6) is 11.5 Å². The Morgan fingerprint density at radius 3 is 1.14 bits per heavy atom. The van der Waals surface area contributed by atoms with Crippen molar-refractivity contribution in [2.45, 2.75) is 0 Å². The molecule has 1 nitrogen and oxygen atoms in total. The number of hydrogen-bond donors (Lipinski definition) is 0. The molecule has 6 rings (SSSR count). The predicted molar refractivity (Wildman–Crippen MR) is 123 cm³/mol. The Morgan fingerprint density at radius 1 is 0.345 bits per heavy atom. The van der Waals surface area contributed by atoms with Gasteiger partial charge in [0.1, 0.15) is 11.5 Å². The van der Waals surface area contributed by atoms with E-state index >= 15 is 0 Å². The Labute approximate surface area is 168 Å². The van der Waals surface area contributed by atoms with E-state index in [0.29, 0.717) is 0 Å². The molecule has 0 saturated heterocycles. The van der Waals surface area contributed by atoms with Crippen LogP contribution in [-0.4, -0.2) is 0 Å². The quantitative estimate of drug-likeness (QED) is 0.280. The molecule has 0 aromatic heterocycles. The lowest BCUT2D eigenvalue weighted by molar-refractivity contribution is 0.495. The van der Waals surface area contributed by atoms with Crippen molar-refractivity contribution < 1.29 is 4.74 Å². The molecule has 136 valence electrons. The minimum Gasteiger partial charge on any atom is -0.456 e. The number of ether oxygens (including phenoxy) is 1. The first kappa shape index (κ1) is 16.1. The zero-order valence-electron chi connectivity index (χ0n) is 15.8. The maximum absolute atomic E-state index is 6.62. The highest BCUT2D eigenvalue weighted by Gasteiger charge is 2.12. The van der Waals surface area contributed by atoms with Gasteiger partial charge in [0, 0.05) is 10.8 Å². The molecule has 0 radical (unpaired) electrons. The van der Waals surface area contributed by atoms with Gasteiger partial charge in [0.15, 0.2) is 0 Å². The molecule has 0 aliphatic carbocycles. The molecule has 0 fully saturated rings. The van der Waals surface area contributed by atoms with Crippen molar-refractivity contribution in [2.75, 3.05) is 0 Å². The SMILES string of the molecule is c1ccc2c(c1)cc(Oc1cc3ccccc3c3ccccc13)c1ccccc12. The maximum Gasteiger partial charge on any atom is 0.135 e. The molecule has 0 heterocycles. The van der Waals surface area contributed by atoms with Gasteiger partial charge in [-0.25, -0.2) is 0 Å². The summed E-state index contributed by atoms with van der Waals surface area (Å²) in [6.45, 7) is 0. The predicted octanol–water partition coefficient (Wildman–Crippen LogP) is 8.09. The minimum absolute atomic E-state index is 0.889. The second-order valence-electron chi connectivity index (χ2n) is 7.38. The monoisotopic (exact) mass is 370 g/mol. The van der Waals surface area contributed by atoms with Crippen LogP contribution in [0.3, 0.4) is 0 Å². The van der Waals surface area contributed by atoms with Gasteiger partial charge in [-0.2, -0.15) is 0 Å². The lowest BCUT2D eigenvalue weighted by atomic mass is 10.00. The summed E-state index contributed by atoms with van der Waals surface area (Å²) in [5.41, 5.74) is 0. The molecule has 0 saturated carbocycles. The van der Waals surface area contributed by atoms with Crippen LogP contribution < -0.4 is 4.74 Å². The first-order chi connectivity index (χ1) is 14.4. The van der Waals surface area contributed by atoms with Crippen molar-refractivity contribution in [2.24, 2.45) is 0 Å². The van der Waals surface area contributed by atoms with Gasteiger partial charge in [0.25, 0.3) is 0 Å². The lowest BCUT2D eigenvalue weighted by Crippen LogP contribution is -1.90. The molecule has 0 spiro atoms. The zero-order chi connectivity index (χ0) is 19.2. The summed E-state index contributed by atoms with van der Waals surface area (Å²) in [4.78, 5) is 0. The molecule has 6 aromatic rings. The standard InChI is InChI=1S/C28H18O/c1-3-11-21-19(9-1)17-27(25-15-7-5-13-23(21)25)29-28-18-20-10-2-4-12-22(20)24-14-6-8-16-26(24)28/h1-18H. The molecule has 0 aliphatic rings. The third-order valence-corrected chi connectivity index (χ3v) is 5.68. The topological polar surface area (TPSA) is 9.23 Å². The van der Waals surface area contributed by atoms with Crippen molar-refractivity contribution in [3.8, 4) is 11.5 Å². The van der Waals surface area contributed by atoms with Gasteiger partial charge in [-0.1, -0.05) is 97.1 Å². The highest BCUT2D eigenvalue weighted by molar-refractivity contribution is 6.12. The van der Waals surface area contributed by atoms with Crippen LogP contribution in [0.4, 0.5) is 0 Å². The molecular weight excluding hydrogens is 352 g/mol. The van der Waals surface area contributed by atoms with E-state index in [2.05, 4.69) is 109 Å². The minimum atomic E-state index is 0.889. The lowest BCUT2D eigenvalue weighted by Gasteiger charge is -2.15. The number of hydrogen-bond acceptors (Lipinski definition) is 1. The number of fused-ring (bicyclic) bond motifs is 6. The van der Waals surface area contributed by atoms with Gasteiger partial charge in [-0.15, -0.1) is 0 Å². The molecule has 0 amide bonds. The fraction of sp³-hybridized carbons (Fsp3) is 0. The van der Waals surface area contributed by atoms with E-state index < -0.39 is 0 Å². The second-order valence-corrected chi connectivity index (χ2v) is 7.38. The molecule has 29 heavy (non-hydrogen) atoms. The van der Waals surface area contributed by atoms with Gasteiger partial charge >= 0.3 is 0 Å². The molecule has 0 aliphatic heterocycles. The van der Waals surface area contributed by atoms with Crippen LogP contribution in [0.15, 0.2) is 109 Å². The third-order valence-electron chi connectivity index (χ3n) is 5.68. The second kappa shape index (κ2) is 6.35. The molecule has 0 bridgehead atoms. The number of rotatable bonds is 2. The average molecular weight is 370 g/mol. The van der Waals surface area contributed by atoms with Crippen LogP contribution in [0, 0.1) is 0 Å². The van der Waals surface area contributed by atoms with Crippen molar-refractivity contribution >= 4 is 43.1 Å². The van der Waals surface area contributed by atoms with E-state index in [1.54, 1.807) is 0 Å². The Balaban J connectivity index is 1.64. The summed E-state index contributed by atoms with van der Waals surface area (Å²) in [5, 5.41) is 9.55. The van der Waals surface area contributed by atoms with Crippen LogP contribution >= 0.6 is 0 Å². The number of benzene rings is 6. The van der Waals surface area contributed by atoms with E-state index in [1.165, 1.54) is 32.3 Å². The van der Waals surface area contributed by atoms with Crippen molar-refractivity contribution in [1.29, 1.82) is 0 Å². The summed E-state index contributed by atoms with van der Waals surface area (Å²) >= 11 is 0. The summed E-state index contributed by atoms with van der Waals surface area (Å²) in [5.74, 6) is 1.78. The smallest absolute Gasteiger partial charge is 0.135 e. The van der Waals surface area contributed by atoms with E-state index in [4.69, 9.17) is 4.74 Å². The molecule has 0 unspecified atom stereocenters. The third kappa shape index (κ3) is 2.55. The van der Waals surface area contributed by atoms with Gasteiger partial charge in [0.05, 0.1) is 0 Å². The highest BCUT2D eigenvalue weighted by Crippen LogP contribution is 2.40. The van der Waals surface area contributed by atoms with Crippen LogP contribution in [-0.2, 0) is 0 Å². The van der Waals surface area contributed by atoms with Gasteiger partial charge in [-0.05, 0) is 44.5 Å². The van der Waals surface area contributed by atoms with E-state index in [-0.39, 0.29) is 0 Å². The first-order valence-corrected chi connectivity index (χ1v) is 9.87. The summed E-state index contributed by atoms with van der Waals surface area (Å²) in [6, 6.07) is 38.2. The summed E-state index contributed by atoms with van der Waals surface area (Å²) in [6.07, 6.45) is 0. The highest BCUT2D eigenvalue weighted by atomic mass is 16.5. The molecule has 0 atom stereocenters. The normalized spacial score (nSPS) is 11.4.